The van der Waals surface area contributed by atoms with Crippen molar-refractivity contribution in [3.63, 3.8) is 0 Å². The normalized spacial score (nSPS) is 17.6. The van der Waals surface area contributed by atoms with Gasteiger partial charge in [-0.05, 0) is 36.9 Å². The zero-order valence-electron chi connectivity index (χ0n) is 14.8. The highest BCUT2D eigenvalue weighted by molar-refractivity contribution is 7.98. The van der Waals surface area contributed by atoms with Crippen molar-refractivity contribution in [2.24, 2.45) is 5.41 Å². The number of thioether (sulfide) groups is 1. The summed E-state index contributed by atoms with van der Waals surface area (Å²) < 4.78 is 27.2. The fraction of sp³-hybridized carbons (Fsp3) is 0.588. The van der Waals surface area contributed by atoms with Crippen molar-refractivity contribution in [3.05, 3.63) is 24.3 Å². The van der Waals surface area contributed by atoms with Crippen LogP contribution in [0.25, 0.3) is 0 Å². The lowest BCUT2D eigenvalue weighted by atomic mass is 9.94. The molecule has 0 N–H and O–H groups in total. The number of nitrogens with zero attached hydrogens (tertiary/aromatic N) is 2. The molecule has 0 spiro atoms. The summed E-state index contributed by atoms with van der Waals surface area (Å²) in [6.07, 6.45) is 2.61. The SMILES string of the molecule is CSc1ccc(S(=O)(=O)N2CCCN(C(=O)C(C)(C)C)CC2)cc1. The molecule has 1 aliphatic rings. The fourth-order valence-electron chi connectivity index (χ4n) is 2.71. The summed E-state index contributed by atoms with van der Waals surface area (Å²) in [6.45, 7) is 7.51. The minimum atomic E-state index is -3.51. The van der Waals surface area contributed by atoms with Gasteiger partial charge >= 0.3 is 0 Å². The maximum Gasteiger partial charge on any atom is 0.243 e. The molecule has 5 nitrogen and oxygen atoms in total. The van der Waals surface area contributed by atoms with Crippen LogP contribution < -0.4 is 0 Å². The van der Waals surface area contributed by atoms with Crippen molar-refractivity contribution in [1.82, 2.24) is 9.21 Å². The Labute approximate surface area is 149 Å². The molecule has 0 saturated carbocycles. The van der Waals surface area contributed by atoms with E-state index >= 15 is 0 Å². The highest BCUT2D eigenvalue weighted by atomic mass is 32.2. The highest BCUT2D eigenvalue weighted by Gasteiger charge is 2.31. The van der Waals surface area contributed by atoms with E-state index in [-0.39, 0.29) is 5.91 Å². The molecule has 2 rings (SSSR count). The first-order valence-corrected chi connectivity index (χ1v) is 10.8. The number of benzene rings is 1. The van der Waals surface area contributed by atoms with Gasteiger partial charge in [0.15, 0.2) is 0 Å². The molecule has 0 bridgehead atoms. The predicted molar refractivity (Wildman–Crippen MR) is 97.6 cm³/mol. The number of sulfonamides is 1. The number of hydrogen-bond acceptors (Lipinski definition) is 4. The molecule has 0 atom stereocenters. The first-order valence-electron chi connectivity index (χ1n) is 8.10. The third kappa shape index (κ3) is 4.32. The lowest BCUT2D eigenvalue weighted by molar-refractivity contribution is -0.139. The van der Waals surface area contributed by atoms with Gasteiger partial charge in [0.05, 0.1) is 4.90 Å². The maximum atomic E-state index is 12.8. The second-order valence-electron chi connectivity index (χ2n) is 6.98. The first-order chi connectivity index (χ1) is 11.2. The quantitative estimate of drug-likeness (QED) is 0.768. The van der Waals surface area contributed by atoms with Gasteiger partial charge in [0.1, 0.15) is 0 Å². The van der Waals surface area contributed by atoms with Crippen molar-refractivity contribution in [2.45, 2.75) is 37.0 Å². The van der Waals surface area contributed by atoms with Gasteiger partial charge in [0, 0.05) is 36.5 Å². The summed E-state index contributed by atoms with van der Waals surface area (Å²) in [4.78, 5) is 15.6. The van der Waals surface area contributed by atoms with Crippen molar-refractivity contribution >= 4 is 27.7 Å². The van der Waals surface area contributed by atoms with Gasteiger partial charge in [0.25, 0.3) is 0 Å². The zero-order valence-corrected chi connectivity index (χ0v) is 16.4. The Morgan fingerprint density at radius 3 is 2.21 bits per heavy atom. The number of amides is 1. The third-order valence-corrected chi connectivity index (χ3v) is 6.74. The Hall–Kier alpha value is -1.05. The Morgan fingerprint density at radius 2 is 1.67 bits per heavy atom. The van der Waals surface area contributed by atoms with Gasteiger partial charge in [-0.2, -0.15) is 4.31 Å². The molecule has 7 heteroatoms. The summed E-state index contributed by atoms with van der Waals surface area (Å²) >= 11 is 1.58. The van der Waals surface area contributed by atoms with Gasteiger partial charge in [-0.15, -0.1) is 11.8 Å². The average molecular weight is 371 g/mol. The van der Waals surface area contributed by atoms with Gasteiger partial charge < -0.3 is 4.90 Å². The predicted octanol–water partition coefficient (Wildman–Crippen LogP) is 2.68. The molecule has 1 aliphatic heterocycles. The first kappa shape index (κ1) is 19.3. The van der Waals surface area contributed by atoms with Crippen LogP contribution in [0.15, 0.2) is 34.1 Å². The summed E-state index contributed by atoms with van der Waals surface area (Å²) in [5.74, 6) is 0.0751. The number of carbonyl (C=O) groups is 1. The second kappa shape index (κ2) is 7.45. The Kier molecular flexibility index (Phi) is 5.99. The summed E-state index contributed by atoms with van der Waals surface area (Å²) in [5.41, 5.74) is -0.443. The molecule has 0 aliphatic carbocycles. The highest BCUT2D eigenvalue weighted by Crippen LogP contribution is 2.23. The van der Waals surface area contributed by atoms with Crippen LogP contribution in [0.4, 0.5) is 0 Å². The molecule has 1 amide bonds. The second-order valence-corrected chi connectivity index (χ2v) is 9.79. The van der Waals surface area contributed by atoms with Crippen LogP contribution in [-0.4, -0.2) is 56.0 Å². The molecule has 0 unspecified atom stereocenters. The van der Waals surface area contributed by atoms with Crippen molar-refractivity contribution in [2.75, 3.05) is 32.4 Å². The largest absolute Gasteiger partial charge is 0.341 e. The summed E-state index contributed by atoms with van der Waals surface area (Å²) in [5, 5.41) is 0. The Bertz CT molecular complexity index is 679. The molecule has 1 aromatic rings. The molecule has 24 heavy (non-hydrogen) atoms. The topological polar surface area (TPSA) is 57.7 Å². The minimum Gasteiger partial charge on any atom is -0.341 e. The van der Waals surface area contributed by atoms with E-state index in [1.807, 2.05) is 39.2 Å². The lowest BCUT2D eigenvalue weighted by Crippen LogP contribution is -2.42. The van der Waals surface area contributed by atoms with Gasteiger partial charge in [0.2, 0.25) is 15.9 Å². The van der Waals surface area contributed by atoms with E-state index in [0.29, 0.717) is 37.5 Å². The van der Waals surface area contributed by atoms with Crippen molar-refractivity contribution < 1.29 is 13.2 Å². The van der Waals surface area contributed by atoms with Gasteiger partial charge in [-0.25, -0.2) is 8.42 Å². The van der Waals surface area contributed by atoms with E-state index in [9.17, 15) is 13.2 Å². The Balaban J connectivity index is 2.13. The van der Waals surface area contributed by atoms with E-state index in [1.165, 1.54) is 4.31 Å². The molecular weight excluding hydrogens is 344 g/mol. The molecule has 134 valence electrons. The van der Waals surface area contributed by atoms with Gasteiger partial charge in [-0.1, -0.05) is 20.8 Å². The molecule has 0 aromatic heterocycles. The van der Waals surface area contributed by atoms with Crippen LogP contribution >= 0.6 is 11.8 Å². The number of rotatable bonds is 3. The van der Waals surface area contributed by atoms with Crippen LogP contribution in [-0.2, 0) is 14.8 Å². The van der Waals surface area contributed by atoms with Crippen LogP contribution in [0.3, 0.4) is 0 Å². The fourth-order valence-corrected chi connectivity index (χ4v) is 4.59. The standard InChI is InChI=1S/C17H26N2O3S2/c1-17(2,3)16(20)18-10-5-11-19(13-12-18)24(21,22)15-8-6-14(23-4)7-9-15/h6-9H,5,10-13H2,1-4H3. The molecule has 1 saturated heterocycles. The van der Waals surface area contributed by atoms with E-state index in [0.717, 1.165) is 4.90 Å². The molecule has 1 aromatic carbocycles. The lowest BCUT2D eigenvalue weighted by Gasteiger charge is -2.28. The summed E-state index contributed by atoms with van der Waals surface area (Å²) in [7, 11) is -3.51. The number of carbonyl (C=O) groups excluding carboxylic acids is 1. The Morgan fingerprint density at radius 1 is 1.04 bits per heavy atom. The van der Waals surface area contributed by atoms with Crippen LogP contribution in [0.5, 0.6) is 0 Å². The minimum absolute atomic E-state index is 0.0751. The summed E-state index contributed by atoms with van der Waals surface area (Å²) in [6, 6.07) is 6.96. The van der Waals surface area contributed by atoms with Crippen LogP contribution in [0, 0.1) is 5.41 Å². The zero-order chi connectivity index (χ0) is 18.0. The maximum absolute atomic E-state index is 12.8. The van der Waals surface area contributed by atoms with Gasteiger partial charge in [-0.3, -0.25) is 4.79 Å². The molecular formula is C17H26N2O3S2. The average Bonchev–Trinajstić information content (AvgIpc) is 2.79. The van der Waals surface area contributed by atoms with E-state index in [4.69, 9.17) is 0 Å². The molecule has 1 heterocycles. The van der Waals surface area contributed by atoms with E-state index < -0.39 is 15.4 Å². The van der Waals surface area contributed by atoms with Crippen molar-refractivity contribution in [1.29, 1.82) is 0 Å². The molecule has 0 radical (unpaired) electrons. The number of hydrogen-bond donors (Lipinski definition) is 0. The van der Waals surface area contributed by atoms with Crippen LogP contribution in [0.1, 0.15) is 27.2 Å². The monoisotopic (exact) mass is 370 g/mol. The third-order valence-electron chi connectivity index (χ3n) is 4.08. The van der Waals surface area contributed by atoms with Crippen LogP contribution in [0.2, 0.25) is 0 Å². The van der Waals surface area contributed by atoms with E-state index in [2.05, 4.69) is 0 Å². The van der Waals surface area contributed by atoms with E-state index in [1.54, 1.807) is 28.8 Å². The smallest absolute Gasteiger partial charge is 0.243 e. The molecule has 1 fully saturated rings. The van der Waals surface area contributed by atoms with Crippen molar-refractivity contribution in [3.8, 4) is 0 Å².